The molecule has 3 rings (SSSR count). The molecule has 3 N–H and O–H groups in total. The number of fused-ring (bicyclic) bond motifs is 1. The zero-order chi connectivity index (χ0) is 18.7. The van der Waals surface area contributed by atoms with Gasteiger partial charge in [-0.3, -0.25) is 0 Å². The molecular formula is C20H20ClNO4. The minimum Gasteiger partial charge on any atom is -0.475 e. The monoisotopic (exact) mass is 373 g/mol. The molecule has 0 aliphatic heterocycles. The van der Waals surface area contributed by atoms with E-state index in [9.17, 15) is 9.90 Å². The third kappa shape index (κ3) is 4.43. The van der Waals surface area contributed by atoms with Crippen molar-refractivity contribution >= 4 is 28.5 Å². The zero-order valence-electron chi connectivity index (χ0n) is 14.3. The molecule has 3 aromatic rings. The lowest BCUT2D eigenvalue weighted by Crippen LogP contribution is -2.32. The summed E-state index contributed by atoms with van der Waals surface area (Å²) in [5, 5.41) is 23.9. The minimum atomic E-state index is -1.08. The number of aliphatic hydroxyl groups excluding tert-OH is 1. The molecule has 0 aliphatic rings. The van der Waals surface area contributed by atoms with E-state index in [0.717, 1.165) is 22.9 Å². The standard InChI is InChI=1S/C20H20ClNO4/c1-12(22-11-17(23)14-3-2-4-16(21)9-14)7-13-5-6-18-15(8-13)10-19(26-18)20(24)25/h2-6,8-10,12,17,22-23H,7,11H2,1H3,(H,24,25)/t12-,17+/m1/s1. The van der Waals surface area contributed by atoms with Gasteiger partial charge in [0.15, 0.2) is 0 Å². The van der Waals surface area contributed by atoms with Crippen LogP contribution in [0.3, 0.4) is 0 Å². The molecule has 2 atom stereocenters. The summed E-state index contributed by atoms with van der Waals surface area (Å²) in [5.41, 5.74) is 2.40. The molecule has 6 heteroatoms. The Morgan fingerprint density at radius 1 is 1.23 bits per heavy atom. The van der Waals surface area contributed by atoms with Crippen LogP contribution in [0.4, 0.5) is 0 Å². The number of rotatable bonds is 7. The number of aromatic carboxylic acids is 1. The van der Waals surface area contributed by atoms with Gasteiger partial charge in [0.25, 0.3) is 0 Å². The average Bonchev–Trinajstić information content (AvgIpc) is 3.03. The molecule has 26 heavy (non-hydrogen) atoms. The van der Waals surface area contributed by atoms with Gasteiger partial charge in [0.05, 0.1) is 6.10 Å². The second-order valence-electron chi connectivity index (χ2n) is 6.37. The second-order valence-corrected chi connectivity index (χ2v) is 6.81. The maximum atomic E-state index is 11.0. The molecule has 0 saturated carbocycles. The molecule has 0 amide bonds. The highest BCUT2D eigenvalue weighted by Crippen LogP contribution is 2.22. The zero-order valence-corrected chi connectivity index (χ0v) is 15.0. The van der Waals surface area contributed by atoms with Crippen LogP contribution in [-0.2, 0) is 6.42 Å². The van der Waals surface area contributed by atoms with Gasteiger partial charge in [-0.05, 0) is 54.8 Å². The summed E-state index contributed by atoms with van der Waals surface area (Å²) in [7, 11) is 0. The summed E-state index contributed by atoms with van der Waals surface area (Å²) in [6.45, 7) is 2.45. The molecule has 0 bridgehead atoms. The van der Waals surface area contributed by atoms with Crippen molar-refractivity contribution < 1.29 is 19.4 Å². The van der Waals surface area contributed by atoms with Crippen LogP contribution in [0.5, 0.6) is 0 Å². The summed E-state index contributed by atoms with van der Waals surface area (Å²) in [4.78, 5) is 11.0. The summed E-state index contributed by atoms with van der Waals surface area (Å²) in [5.74, 6) is -1.14. The van der Waals surface area contributed by atoms with Crippen LogP contribution in [0.1, 0.15) is 34.7 Å². The number of carboxylic acid groups (broad SMARTS) is 1. The Morgan fingerprint density at radius 2 is 2.04 bits per heavy atom. The molecule has 2 aromatic carbocycles. The fourth-order valence-corrected chi connectivity index (χ4v) is 3.09. The second kappa shape index (κ2) is 7.91. The highest BCUT2D eigenvalue weighted by molar-refractivity contribution is 6.30. The minimum absolute atomic E-state index is 0.0621. The third-order valence-electron chi connectivity index (χ3n) is 4.23. The van der Waals surface area contributed by atoms with Crippen LogP contribution < -0.4 is 5.32 Å². The maximum Gasteiger partial charge on any atom is 0.371 e. The Morgan fingerprint density at radius 3 is 2.77 bits per heavy atom. The Kier molecular flexibility index (Phi) is 5.61. The number of nitrogens with one attached hydrogen (secondary N) is 1. The van der Waals surface area contributed by atoms with Crippen molar-refractivity contribution in [1.82, 2.24) is 5.32 Å². The van der Waals surface area contributed by atoms with Crippen molar-refractivity contribution in [2.45, 2.75) is 25.5 Å². The summed E-state index contributed by atoms with van der Waals surface area (Å²) in [6.07, 6.45) is 0.108. The molecule has 0 aliphatic carbocycles. The van der Waals surface area contributed by atoms with E-state index in [1.807, 2.05) is 31.2 Å². The van der Waals surface area contributed by atoms with Crippen LogP contribution in [0, 0.1) is 0 Å². The van der Waals surface area contributed by atoms with Gasteiger partial charge in [-0.15, -0.1) is 0 Å². The normalized spacial score (nSPS) is 13.7. The van der Waals surface area contributed by atoms with Crippen molar-refractivity contribution in [3.05, 3.63) is 70.4 Å². The fourth-order valence-electron chi connectivity index (χ4n) is 2.90. The van der Waals surface area contributed by atoms with E-state index in [1.54, 1.807) is 18.2 Å². The molecule has 0 spiro atoms. The summed E-state index contributed by atoms with van der Waals surface area (Å²) >= 11 is 5.95. The predicted molar refractivity (Wildman–Crippen MR) is 101 cm³/mol. The molecule has 0 radical (unpaired) electrons. The summed E-state index contributed by atoms with van der Waals surface area (Å²) < 4.78 is 5.27. The van der Waals surface area contributed by atoms with Gasteiger partial charge >= 0.3 is 5.97 Å². The van der Waals surface area contributed by atoms with Gasteiger partial charge in [-0.1, -0.05) is 29.8 Å². The van der Waals surface area contributed by atoms with Crippen LogP contribution in [0.15, 0.2) is 52.9 Å². The lowest BCUT2D eigenvalue weighted by atomic mass is 10.0. The van der Waals surface area contributed by atoms with Crippen molar-refractivity contribution in [3.63, 3.8) is 0 Å². The fraction of sp³-hybridized carbons (Fsp3) is 0.250. The molecule has 1 heterocycles. The third-order valence-corrected chi connectivity index (χ3v) is 4.46. The number of carbonyl (C=O) groups is 1. The van der Waals surface area contributed by atoms with E-state index >= 15 is 0 Å². The molecule has 0 unspecified atom stereocenters. The SMILES string of the molecule is C[C@H](Cc1ccc2oc(C(=O)O)cc2c1)NC[C@H](O)c1cccc(Cl)c1. The lowest BCUT2D eigenvalue weighted by molar-refractivity contribution is 0.0665. The van der Waals surface area contributed by atoms with Crippen molar-refractivity contribution in [3.8, 4) is 0 Å². The quantitative estimate of drug-likeness (QED) is 0.582. The van der Waals surface area contributed by atoms with Gasteiger partial charge in [0.1, 0.15) is 5.58 Å². The molecule has 136 valence electrons. The van der Waals surface area contributed by atoms with Crippen LogP contribution >= 0.6 is 11.6 Å². The van der Waals surface area contributed by atoms with Crippen molar-refractivity contribution in [2.75, 3.05) is 6.54 Å². The Labute approximate surface area is 156 Å². The van der Waals surface area contributed by atoms with E-state index in [1.165, 1.54) is 6.07 Å². The molecule has 0 fully saturated rings. The van der Waals surface area contributed by atoms with E-state index in [0.29, 0.717) is 17.2 Å². The average molecular weight is 374 g/mol. The van der Waals surface area contributed by atoms with Crippen molar-refractivity contribution in [1.29, 1.82) is 0 Å². The van der Waals surface area contributed by atoms with Gasteiger partial charge in [-0.2, -0.15) is 0 Å². The predicted octanol–water partition coefficient (Wildman–Crippen LogP) is 4.04. The van der Waals surface area contributed by atoms with Gasteiger partial charge in [-0.25, -0.2) is 4.79 Å². The Bertz CT molecular complexity index is 921. The maximum absolute atomic E-state index is 11.0. The van der Waals surface area contributed by atoms with Crippen LogP contribution in [0.2, 0.25) is 5.02 Å². The number of hydrogen-bond acceptors (Lipinski definition) is 4. The van der Waals surface area contributed by atoms with E-state index in [4.69, 9.17) is 21.1 Å². The number of halogens is 1. The van der Waals surface area contributed by atoms with E-state index in [2.05, 4.69) is 5.32 Å². The highest BCUT2D eigenvalue weighted by atomic mass is 35.5. The van der Waals surface area contributed by atoms with Crippen LogP contribution in [0.25, 0.3) is 11.0 Å². The first-order valence-corrected chi connectivity index (χ1v) is 8.73. The smallest absolute Gasteiger partial charge is 0.371 e. The molecule has 1 aromatic heterocycles. The van der Waals surface area contributed by atoms with Gasteiger partial charge < -0.3 is 19.9 Å². The first-order chi connectivity index (χ1) is 12.4. The number of furan rings is 1. The van der Waals surface area contributed by atoms with Gasteiger partial charge in [0.2, 0.25) is 5.76 Å². The molecular weight excluding hydrogens is 354 g/mol. The van der Waals surface area contributed by atoms with Gasteiger partial charge in [0, 0.05) is 23.0 Å². The van der Waals surface area contributed by atoms with E-state index < -0.39 is 12.1 Å². The number of carboxylic acids is 1. The largest absolute Gasteiger partial charge is 0.475 e. The van der Waals surface area contributed by atoms with Crippen molar-refractivity contribution in [2.24, 2.45) is 0 Å². The Balaban J connectivity index is 1.59. The first kappa shape index (κ1) is 18.5. The topological polar surface area (TPSA) is 82.7 Å². The lowest BCUT2D eigenvalue weighted by Gasteiger charge is -2.17. The van der Waals surface area contributed by atoms with E-state index in [-0.39, 0.29) is 11.8 Å². The number of aliphatic hydroxyl groups is 1. The molecule has 5 nitrogen and oxygen atoms in total. The first-order valence-electron chi connectivity index (χ1n) is 8.35. The molecule has 0 saturated heterocycles. The summed E-state index contributed by atoms with van der Waals surface area (Å²) in [6, 6.07) is 14.5. The number of hydrogen-bond donors (Lipinski definition) is 3. The Hall–Kier alpha value is -2.34. The van der Waals surface area contributed by atoms with Crippen LogP contribution in [-0.4, -0.2) is 28.8 Å². The highest BCUT2D eigenvalue weighted by Gasteiger charge is 2.13. The number of benzene rings is 2.